The van der Waals surface area contributed by atoms with Gasteiger partial charge in [-0.15, -0.1) is 0 Å². The first-order valence-corrected chi connectivity index (χ1v) is 9.80. The van der Waals surface area contributed by atoms with E-state index in [4.69, 9.17) is 9.15 Å². The van der Waals surface area contributed by atoms with Gasteiger partial charge in [-0.3, -0.25) is 0 Å². The number of nitrogens with one attached hydrogen (secondary N) is 1. The van der Waals surface area contributed by atoms with Crippen molar-refractivity contribution in [3.63, 3.8) is 0 Å². The van der Waals surface area contributed by atoms with E-state index < -0.39 is 24.2 Å². The fourth-order valence-corrected chi connectivity index (χ4v) is 3.00. The first kappa shape index (κ1) is 22.0. The van der Waals surface area contributed by atoms with Gasteiger partial charge in [-0.25, -0.2) is 14.6 Å². The van der Waals surface area contributed by atoms with Crippen LogP contribution >= 0.6 is 0 Å². The molecule has 2 atom stereocenters. The molecule has 0 aliphatic rings. The van der Waals surface area contributed by atoms with Crippen molar-refractivity contribution < 1.29 is 28.6 Å². The second kappa shape index (κ2) is 10.9. The van der Waals surface area contributed by atoms with Gasteiger partial charge in [0.15, 0.2) is 5.69 Å². The Hall–Kier alpha value is -3.65. The van der Waals surface area contributed by atoms with E-state index in [1.807, 2.05) is 60.7 Å². The summed E-state index contributed by atoms with van der Waals surface area (Å²) >= 11 is 0. The van der Waals surface area contributed by atoms with E-state index >= 15 is 0 Å². The third-order valence-electron chi connectivity index (χ3n) is 4.64. The zero-order chi connectivity index (χ0) is 22.1. The second-order valence-electron chi connectivity index (χ2n) is 6.83. The first-order chi connectivity index (χ1) is 15.1. The summed E-state index contributed by atoms with van der Waals surface area (Å²) < 4.78 is 15.1. The summed E-state index contributed by atoms with van der Waals surface area (Å²) in [6.45, 7) is 0.156. The highest BCUT2D eigenvalue weighted by molar-refractivity contribution is 5.86. The van der Waals surface area contributed by atoms with E-state index in [0.717, 1.165) is 17.4 Å². The number of alkyl carbamates (subject to hydrolysis) is 1. The molecule has 0 saturated heterocycles. The molecule has 0 fully saturated rings. The van der Waals surface area contributed by atoms with Crippen molar-refractivity contribution in [2.75, 3.05) is 7.11 Å². The van der Waals surface area contributed by atoms with Gasteiger partial charge < -0.3 is 24.3 Å². The van der Waals surface area contributed by atoms with Crippen molar-refractivity contribution in [3.05, 3.63) is 89.6 Å². The Balaban J connectivity index is 1.60. The molecule has 2 unspecified atom stereocenters. The Morgan fingerprint density at radius 3 is 2.42 bits per heavy atom. The van der Waals surface area contributed by atoms with Crippen LogP contribution in [0.5, 0.6) is 0 Å². The summed E-state index contributed by atoms with van der Waals surface area (Å²) in [6.07, 6.45) is 0.155. The van der Waals surface area contributed by atoms with Crippen LogP contribution in [0, 0.1) is 0 Å². The van der Waals surface area contributed by atoms with Gasteiger partial charge in [-0.1, -0.05) is 60.7 Å². The number of benzene rings is 2. The van der Waals surface area contributed by atoms with E-state index in [-0.39, 0.29) is 24.6 Å². The van der Waals surface area contributed by atoms with Gasteiger partial charge in [0.05, 0.1) is 13.2 Å². The highest BCUT2D eigenvalue weighted by Gasteiger charge is 2.22. The molecular weight excluding hydrogens is 400 g/mol. The normalized spacial score (nSPS) is 12.6. The molecule has 0 spiro atoms. The predicted octanol–water partition coefficient (Wildman–Crippen LogP) is 3.94. The number of carbonyl (C=O) groups excluding carboxylic acids is 2. The van der Waals surface area contributed by atoms with E-state index in [0.29, 0.717) is 6.42 Å². The van der Waals surface area contributed by atoms with Gasteiger partial charge in [-0.05, 0) is 24.0 Å². The standard InChI is InChI=1S/C23H24N2O6/c1-29-22(27)19-15-30-21(24-19)20(26)13-12-18(17-10-6-3-7-11-17)25-23(28)31-14-16-8-4-2-5-9-16/h2-11,15,18,20,26H,12-14H2,1H3,(H,25,28). The highest BCUT2D eigenvalue weighted by Crippen LogP contribution is 2.25. The van der Waals surface area contributed by atoms with Crippen molar-refractivity contribution in [2.45, 2.75) is 31.6 Å². The maximum Gasteiger partial charge on any atom is 0.407 e. The molecule has 0 aliphatic heterocycles. The molecule has 8 nitrogen and oxygen atoms in total. The number of aliphatic hydroxyl groups excluding tert-OH is 1. The molecule has 0 aliphatic carbocycles. The van der Waals surface area contributed by atoms with Crippen molar-refractivity contribution >= 4 is 12.1 Å². The summed E-state index contributed by atoms with van der Waals surface area (Å²) in [5, 5.41) is 13.3. The maximum atomic E-state index is 12.3. The SMILES string of the molecule is COC(=O)c1coc(C(O)CCC(NC(=O)OCc2ccccc2)c2ccccc2)n1. The van der Waals surface area contributed by atoms with Crippen LogP contribution in [0.2, 0.25) is 0 Å². The Bertz CT molecular complexity index is 974. The lowest BCUT2D eigenvalue weighted by Gasteiger charge is -2.20. The molecule has 2 aromatic carbocycles. The minimum atomic E-state index is -1.05. The Kier molecular flexibility index (Phi) is 7.78. The van der Waals surface area contributed by atoms with Gasteiger partial charge >= 0.3 is 12.1 Å². The van der Waals surface area contributed by atoms with E-state index in [2.05, 4.69) is 15.0 Å². The predicted molar refractivity (Wildman–Crippen MR) is 111 cm³/mol. The van der Waals surface area contributed by atoms with E-state index in [1.54, 1.807) is 0 Å². The molecule has 8 heteroatoms. The quantitative estimate of drug-likeness (QED) is 0.501. The molecule has 1 heterocycles. The van der Waals surface area contributed by atoms with E-state index in [1.165, 1.54) is 7.11 Å². The highest BCUT2D eigenvalue weighted by atomic mass is 16.5. The number of oxazole rings is 1. The number of rotatable bonds is 9. The van der Waals surface area contributed by atoms with Crippen molar-refractivity contribution in [3.8, 4) is 0 Å². The monoisotopic (exact) mass is 424 g/mol. The lowest BCUT2D eigenvalue weighted by molar-refractivity contribution is 0.0593. The summed E-state index contributed by atoms with van der Waals surface area (Å²) in [5.41, 5.74) is 1.74. The van der Waals surface area contributed by atoms with Gasteiger partial charge in [0.1, 0.15) is 19.0 Å². The Morgan fingerprint density at radius 2 is 1.74 bits per heavy atom. The number of methoxy groups -OCH3 is 1. The largest absolute Gasteiger partial charge is 0.464 e. The van der Waals surface area contributed by atoms with Crippen LogP contribution in [0.4, 0.5) is 4.79 Å². The number of aromatic nitrogens is 1. The van der Waals surface area contributed by atoms with Crippen molar-refractivity contribution in [1.29, 1.82) is 0 Å². The van der Waals surface area contributed by atoms with Crippen LogP contribution in [-0.2, 0) is 16.1 Å². The number of aliphatic hydroxyl groups is 1. The molecule has 1 amide bonds. The molecule has 2 N–H and O–H groups in total. The summed E-state index contributed by atoms with van der Waals surface area (Å²) in [5.74, 6) is -0.633. The topological polar surface area (TPSA) is 111 Å². The lowest BCUT2D eigenvalue weighted by Crippen LogP contribution is -2.29. The maximum absolute atomic E-state index is 12.3. The number of hydrogen-bond acceptors (Lipinski definition) is 7. The zero-order valence-electron chi connectivity index (χ0n) is 17.1. The van der Waals surface area contributed by atoms with E-state index in [9.17, 15) is 14.7 Å². The fraction of sp³-hybridized carbons (Fsp3) is 0.261. The van der Waals surface area contributed by atoms with Crippen molar-refractivity contribution in [2.24, 2.45) is 0 Å². The smallest absolute Gasteiger partial charge is 0.407 e. The van der Waals surface area contributed by atoms with Crippen molar-refractivity contribution in [1.82, 2.24) is 10.3 Å². The molecule has 0 bridgehead atoms. The van der Waals surface area contributed by atoms with Crippen LogP contribution in [0.1, 0.15) is 52.5 Å². The van der Waals surface area contributed by atoms with Crippen LogP contribution in [-0.4, -0.2) is 29.3 Å². The van der Waals surface area contributed by atoms with Crippen LogP contribution in [0.3, 0.4) is 0 Å². The third kappa shape index (κ3) is 6.42. The van der Waals surface area contributed by atoms with Gasteiger partial charge in [-0.2, -0.15) is 0 Å². The minimum absolute atomic E-state index is 0.0128. The lowest BCUT2D eigenvalue weighted by atomic mass is 10.0. The number of carbonyl (C=O) groups is 2. The number of esters is 1. The molecule has 3 aromatic rings. The molecular formula is C23H24N2O6. The summed E-state index contributed by atoms with van der Waals surface area (Å²) in [6, 6.07) is 18.4. The zero-order valence-corrected chi connectivity index (χ0v) is 17.1. The van der Waals surface area contributed by atoms with Crippen LogP contribution in [0.25, 0.3) is 0 Å². The summed E-state index contributed by atoms with van der Waals surface area (Å²) in [4.78, 5) is 27.8. The Morgan fingerprint density at radius 1 is 1.06 bits per heavy atom. The fourth-order valence-electron chi connectivity index (χ4n) is 3.00. The third-order valence-corrected chi connectivity index (χ3v) is 4.64. The molecule has 3 rings (SSSR count). The van der Waals surface area contributed by atoms with Crippen LogP contribution in [0.15, 0.2) is 71.3 Å². The second-order valence-corrected chi connectivity index (χ2v) is 6.83. The van der Waals surface area contributed by atoms with Crippen LogP contribution < -0.4 is 5.32 Å². The number of nitrogens with zero attached hydrogens (tertiary/aromatic N) is 1. The number of amides is 1. The molecule has 1 aromatic heterocycles. The minimum Gasteiger partial charge on any atom is -0.464 e. The van der Waals surface area contributed by atoms with Gasteiger partial charge in [0.2, 0.25) is 5.89 Å². The van der Waals surface area contributed by atoms with Gasteiger partial charge in [0, 0.05) is 0 Å². The Labute approximate surface area is 179 Å². The molecule has 31 heavy (non-hydrogen) atoms. The van der Waals surface area contributed by atoms with Gasteiger partial charge in [0.25, 0.3) is 0 Å². The summed E-state index contributed by atoms with van der Waals surface area (Å²) in [7, 11) is 1.24. The molecule has 162 valence electrons. The average Bonchev–Trinajstić information content (AvgIpc) is 3.31. The number of ether oxygens (including phenoxy) is 2. The first-order valence-electron chi connectivity index (χ1n) is 9.80. The number of hydrogen-bond donors (Lipinski definition) is 2. The molecule has 0 saturated carbocycles. The average molecular weight is 424 g/mol. The molecule has 0 radical (unpaired) electrons.